The van der Waals surface area contributed by atoms with E-state index in [0.717, 1.165) is 44.5 Å². The van der Waals surface area contributed by atoms with Gasteiger partial charge in [-0.3, -0.25) is 4.79 Å². The van der Waals surface area contributed by atoms with Crippen molar-refractivity contribution in [3.63, 3.8) is 0 Å². The number of benzene rings is 3. The summed E-state index contributed by atoms with van der Waals surface area (Å²) in [7, 11) is 0. The highest BCUT2D eigenvalue weighted by molar-refractivity contribution is 6.31. The Kier molecular flexibility index (Phi) is 7.47. The van der Waals surface area contributed by atoms with Crippen LogP contribution in [0.2, 0.25) is 5.02 Å². The number of carbonyl (C=O) groups is 1. The number of allylic oxidation sites excluding steroid dienone is 1. The van der Waals surface area contributed by atoms with Crippen LogP contribution in [0.1, 0.15) is 31.9 Å². The number of amides is 1. The van der Waals surface area contributed by atoms with Crippen LogP contribution in [0, 0.1) is 6.92 Å². The third kappa shape index (κ3) is 5.36. The molecule has 0 saturated heterocycles. The van der Waals surface area contributed by atoms with Gasteiger partial charge < -0.3 is 19.2 Å². The Morgan fingerprint density at radius 1 is 1.06 bits per heavy atom. The fourth-order valence-corrected chi connectivity index (χ4v) is 4.27. The molecule has 0 bridgehead atoms. The van der Waals surface area contributed by atoms with Crippen molar-refractivity contribution in [1.82, 2.24) is 0 Å². The van der Waals surface area contributed by atoms with Crippen LogP contribution in [0.15, 0.2) is 71.4 Å². The number of rotatable bonds is 8. The van der Waals surface area contributed by atoms with Gasteiger partial charge in [-0.2, -0.15) is 0 Å². The maximum absolute atomic E-state index is 12.7. The Morgan fingerprint density at radius 3 is 2.49 bits per heavy atom. The largest absolute Gasteiger partial charge is 0.494 e. The summed E-state index contributed by atoms with van der Waals surface area (Å²) in [5.74, 6) is 1.28. The molecule has 0 aliphatic heterocycles. The standard InChI is InChI=1S/C29H28ClNO4/c1-5-33-23-12-10-20(11-13-23)26-17-35-29-19(4)28(34-6-2)24(16-25(26)29)18(3)14-27(32)31-22-9-7-8-21(30)15-22/h7-17H,5-6H2,1-4H3,(H,31,32)/b18-14+. The first kappa shape index (κ1) is 24.4. The highest BCUT2D eigenvalue weighted by atomic mass is 35.5. The zero-order chi connectivity index (χ0) is 24.9. The molecule has 0 fully saturated rings. The molecule has 1 aromatic heterocycles. The molecule has 4 rings (SSSR count). The predicted octanol–water partition coefficient (Wildman–Crippen LogP) is 7.90. The average molecular weight is 490 g/mol. The van der Waals surface area contributed by atoms with Gasteiger partial charge in [-0.1, -0.05) is 29.8 Å². The Labute approximate surface area is 210 Å². The minimum Gasteiger partial charge on any atom is -0.494 e. The Hall–Kier alpha value is -3.70. The minimum atomic E-state index is -0.246. The number of hydrogen-bond acceptors (Lipinski definition) is 4. The van der Waals surface area contributed by atoms with Gasteiger partial charge in [-0.25, -0.2) is 0 Å². The lowest BCUT2D eigenvalue weighted by Gasteiger charge is -2.15. The van der Waals surface area contributed by atoms with E-state index in [1.54, 1.807) is 36.6 Å². The molecule has 0 unspecified atom stereocenters. The van der Waals surface area contributed by atoms with Crippen LogP contribution < -0.4 is 14.8 Å². The number of carbonyl (C=O) groups excluding carboxylic acids is 1. The fourth-order valence-electron chi connectivity index (χ4n) is 4.08. The molecule has 35 heavy (non-hydrogen) atoms. The van der Waals surface area contributed by atoms with E-state index in [4.69, 9.17) is 25.5 Å². The Balaban J connectivity index is 1.75. The van der Waals surface area contributed by atoms with Crippen molar-refractivity contribution < 1.29 is 18.7 Å². The van der Waals surface area contributed by atoms with Crippen LogP contribution in [-0.2, 0) is 4.79 Å². The molecule has 180 valence electrons. The molecule has 1 N–H and O–H groups in total. The second-order valence-electron chi connectivity index (χ2n) is 8.12. The van der Waals surface area contributed by atoms with E-state index < -0.39 is 0 Å². The maximum atomic E-state index is 12.7. The molecule has 0 aliphatic rings. The number of aryl methyl sites for hydroxylation is 1. The van der Waals surface area contributed by atoms with Crippen molar-refractivity contribution in [3.05, 3.63) is 83.1 Å². The molecular weight excluding hydrogens is 462 g/mol. The van der Waals surface area contributed by atoms with Gasteiger partial charge >= 0.3 is 0 Å². The number of furan rings is 1. The van der Waals surface area contributed by atoms with Crippen molar-refractivity contribution >= 4 is 39.7 Å². The minimum absolute atomic E-state index is 0.246. The summed E-state index contributed by atoms with van der Waals surface area (Å²) in [5, 5.41) is 4.38. The van der Waals surface area contributed by atoms with E-state index in [9.17, 15) is 4.79 Å². The third-order valence-electron chi connectivity index (χ3n) is 5.67. The van der Waals surface area contributed by atoms with Crippen molar-refractivity contribution in [2.45, 2.75) is 27.7 Å². The van der Waals surface area contributed by atoms with Crippen LogP contribution in [0.25, 0.3) is 27.7 Å². The summed E-state index contributed by atoms with van der Waals surface area (Å²) >= 11 is 6.04. The highest BCUT2D eigenvalue weighted by Crippen LogP contribution is 2.41. The predicted molar refractivity (Wildman–Crippen MR) is 142 cm³/mol. The van der Waals surface area contributed by atoms with E-state index in [0.29, 0.717) is 29.7 Å². The molecule has 1 amide bonds. The molecule has 3 aromatic carbocycles. The van der Waals surface area contributed by atoms with Crippen LogP contribution in [-0.4, -0.2) is 19.1 Å². The lowest BCUT2D eigenvalue weighted by molar-refractivity contribution is -0.111. The van der Waals surface area contributed by atoms with E-state index >= 15 is 0 Å². The van der Waals surface area contributed by atoms with Gasteiger partial charge in [0.25, 0.3) is 0 Å². The van der Waals surface area contributed by atoms with Crippen LogP contribution in [0.3, 0.4) is 0 Å². The van der Waals surface area contributed by atoms with Gasteiger partial charge in [0.1, 0.15) is 17.1 Å². The number of nitrogens with one attached hydrogen (secondary N) is 1. The molecule has 0 spiro atoms. The molecule has 0 radical (unpaired) electrons. The summed E-state index contributed by atoms with van der Waals surface area (Å²) in [5.41, 5.74) is 5.88. The van der Waals surface area contributed by atoms with Crippen molar-refractivity contribution in [2.75, 3.05) is 18.5 Å². The monoisotopic (exact) mass is 489 g/mol. The summed E-state index contributed by atoms with van der Waals surface area (Å²) in [6, 6.07) is 17.0. The molecule has 5 nitrogen and oxygen atoms in total. The van der Waals surface area contributed by atoms with Crippen molar-refractivity contribution in [2.24, 2.45) is 0 Å². The number of fused-ring (bicyclic) bond motifs is 1. The van der Waals surface area contributed by atoms with Crippen molar-refractivity contribution in [1.29, 1.82) is 0 Å². The molecule has 0 saturated carbocycles. The molecular formula is C29H28ClNO4. The maximum Gasteiger partial charge on any atom is 0.248 e. The van der Waals surface area contributed by atoms with Gasteiger partial charge in [0.05, 0.1) is 19.5 Å². The van der Waals surface area contributed by atoms with Crippen molar-refractivity contribution in [3.8, 4) is 22.6 Å². The summed E-state index contributed by atoms with van der Waals surface area (Å²) in [6.07, 6.45) is 3.33. The number of anilines is 1. The summed E-state index contributed by atoms with van der Waals surface area (Å²) in [6.45, 7) is 8.88. The summed E-state index contributed by atoms with van der Waals surface area (Å²) in [4.78, 5) is 12.7. The Morgan fingerprint density at radius 2 is 1.80 bits per heavy atom. The first-order valence-electron chi connectivity index (χ1n) is 11.6. The van der Waals surface area contributed by atoms with E-state index in [2.05, 4.69) is 5.32 Å². The van der Waals surface area contributed by atoms with E-state index in [1.165, 1.54) is 0 Å². The first-order valence-corrected chi connectivity index (χ1v) is 11.9. The van der Waals surface area contributed by atoms with Crippen LogP contribution in [0.5, 0.6) is 11.5 Å². The SMILES string of the molecule is CCOc1ccc(-c2coc3c(C)c(OCC)c(/C(C)=C/C(=O)Nc4cccc(Cl)c4)cc23)cc1. The zero-order valence-corrected chi connectivity index (χ0v) is 21.0. The van der Waals surface area contributed by atoms with E-state index in [1.807, 2.05) is 58.0 Å². The van der Waals surface area contributed by atoms with E-state index in [-0.39, 0.29) is 5.91 Å². The molecule has 4 aromatic rings. The highest BCUT2D eigenvalue weighted by Gasteiger charge is 2.19. The first-order chi connectivity index (χ1) is 16.9. The van der Waals surface area contributed by atoms with Crippen LogP contribution in [0.4, 0.5) is 5.69 Å². The second kappa shape index (κ2) is 10.7. The number of hydrogen-bond donors (Lipinski definition) is 1. The smallest absolute Gasteiger partial charge is 0.248 e. The zero-order valence-electron chi connectivity index (χ0n) is 20.3. The third-order valence-corrected chi connectivity index (χ3v) is 5.91. The lowest BCUT2D eigenvalue weighted by atomic mass is 9.96. The average Bonchev–Trinajstić information content (AvgIpc) is 3.26. The second-order valence-corrected chi connectivity index (χ2v) is 8.56. The molecule has 0 atom stereocenters. The number of halogens is 1. The number of ether oxygens (including phenoxy) is 2. The van der Waals surface area contributed by atoms with Gasteiger partial charge in [-0.05, 0) is 75.2 Å². The van der Waals surface area contributed by atoms with Gasteiger partial charge in [0.2, 0.25) is 5.91 Å². The fraction of sp³-hybridized carbons (Fsp3) is 0.207. The van der Waals surface area contributed by atoms with Gasteiger partial charge in [0, 0.05) is 38.9 Å². The van der Waals surface area contributed by atoms with Crippen LogP contribution >= 0.6 is 11.6 Å². The Bertz CT molecular complexity index is 1390. The summed E-state index contributed by atoms with van der Waals surface area (Å²) < 4.78 is 17.6. The lowest BCUT2D eigenvalue weighted by Crippen LogP contribution is -2.09. The quantitative estimate of drug-likeness (QED) is 0.255. The topological polar surface area (TPSA) is 60.7 Å². The van der Waals surface area contributed by atoms with Gasteiger partial charge in [0.15, 0.2) is 0 Å². The molecule has 1 heterocycles. The van der Waals surface area contributed by atoms with Gasteiger partial charge in [-0.15, -0.1) is 0 Å². The molecule has 0 aliphatic carbocycles. The molecule has 6 heteroatoms. The normalized spacial score (nSPS) is 11.5.